The minimum absolute atomic E-state index is 0.139. The van der Waals surface area contributed by atoms with Crippen LogP contribution in [-0.4, -0.2) is 18.4 Å². The van der Waals surface area contributed by atoms with Crippen LogP contribution in [0, 0.1) is 6.92 Å². The van der Waals surface area contributed by atoms with Gasteiger partial charge in [0.25, 0.3) is 5.91 Å². The number of nitrogens with zero attached hydrogens (tertiary/aromatic N) is 2. The molecule has 0 N–H and O–H groups in total. The Morgan fingerprint density at radius 3 is 2.47 bits per heavy atom. The fourth-order valence-corrected chi connectivity index (χ4v) is 3.81. The molecule has 2 heterocycles. The number of hydrogen-bond donors (Lipinski definition) is 0. The van der Waals surface area contributed by atoms with Crippen LogP contribution in [0.2, 0.25) is 0 Å². The topological polar surface area (TPSA) is 51.1 Å². The van der Waals surface area contributed by atoms with Crippen LogP contribution in [0.3, 0.4) is 0 Å². The number of ether oxygens (including phenoxy) is 2. The number of hydrazone groups is 1. The normalized spacial score (nSPS) is 16.6. The monoisotopic (exact) mass is 422 g/mol. The third-order valence-electron chi connectivity index (χ3n) is 5.49. The van der Waals surface area contributed by atoms with Gasteiger partial charge in [-0.2, -0.15) is 10.1 Å². The molecule has 32 heavy (non-hydrogen) atoms. The van der Waals surface area contributed by atoms with Crippen molar-refractivity contribution in [2.75, 3.05) is 11.8 Å². The summed E-state index contributed by atoms with van der Waals surface area (Å²) in [4.78, 5) is 13.4. The first-order chi connectivity index (χ1) is 15.6. The van der Waals surface area contributed by atoms with Crippen LogP contribution in [0.4, 0.5) is 5.69 Å². The number of para-hydroxylation sites is 1. The van der Waals surface area contributed by atoms with Gasteiger partial charge in [-0.25, -0.2) is 0 Å². The second kappa shape index (κ2) is 8.19. The van der Waals surface area contributed by atoms with E-state index >= 15 is 0 Å². The Kier molecular flexibility index (Phi) is 5.07. The molecule has 0 aliphatic carbocycles. The van der Waals surface area contributed by atoms with Crippen molar-refractivity contribution in [1.82, 2.24) is 0 Å². The number of benzene rings is 3. The second-order valence-corrected chi connectivity index (χ2v) is 7.74. The van der Waals surface area contributed by atoms with Crippen molar-refractivity contribution in [2.24, 2.45) is 5.10 Å². The van der Waals surface area contributed by atoms with E-state index in [0.29, 0.717) is 11.3 Å². The van der Waals surface area contributed by atoms with Crippen LogP contribution in [0.15, 0.2) is 89.5 Å². The maximum absolute atomic E-state index is 13.4. The van der Waals surface area contributed by atoms with Crippen LogP contribution in [0.5, 0.6) is 11.5 Å². The van der Waals surface area contributed by atoms with Gasteiger partial charge in [0.1, 0.15) is 0 Å². The van der Waals surface area contributed by atoms with Gasteiger partial charge in [-0.1, -0.05) is 66.2 Å². The highest BCUT2D eigenvalue weighted by Gasteiger charge is 2.31. The van der Waals surface area contributed by atoms with Crippen molar-refractivity contribution in [2.45, 2.75) is 13.8 Å². The van der Waals surface area contributed by atoms with Gasteiger partial charge in [0.2, 0.25) is 6.79 Å². The zero-order chi connectivity index (χ0) is 22.1. The molecule has 158 valence electrons. The minimum Gasteiger partial charge on any atom is -0.454 e. The van der Waals surface area contributed by atoms with Crippen LogP contribution in [0.1, 0.15) is 23.6 Å². The van der Waals surface area contributed by atoms with Gasteiger partial charge in [-0.3, -0.25) is 4.79 Å². The van der Waals surface area contributed by atoms with E-state index < -0.39 is 0 Å². The molecular weight excluding hydrogens is 400 g/mol. The summed E-state index contributed by atoms with van der Waals surface area (Å²) in [6.45, 7) is 4.16. The molecule has 0 spiro atoms. The Morgan fingerprint density at radius 2 is 1.69 bits per heavy atom. The van der Waals surface area contributed by atoms with Gasteiger partial charge >= 0.3 is 0 Å². The number of aryl methyl sites for hydroxylation is 1. The van der Waals surface area contributed by atoms with Gasteiger partial charge in [0.05, 0.1) is 17.0 Å². The molecule has 5 nitrogen and oxygen atoms in total. The molecule has 0 saturated heterocycles. The average molecular weight is 422 g/mol. The van der Waals surface area contributed by atoms with Crippen LogP contribution >= 0.6 is 0 Å². The lowest BCUT2D eigenvalue weighted by Gasteiger charge is -2.13. The first-order valence-electron chi connectivity index (χ1n) is 10.4. The molecule has 2 aliphatic rings. The van der Waals surface area contributed by atoms with Crippen molar-refractivity contribution in [3.05, 3.63) is 101 Å². The average Bonchev–Trinajstić information content (AvgIpc) is 3.40. The first kappa shape index (κ1) is 19.8. The van der Waals surface area contributed by atoms with Crippen molar-refractivity contribution in [3.8, 4) is 11.5 Å². The van der Waals surface area contributed by atoms with E-state index in [-0.39, 0.29) is 12.7 Å². The molecule has 1 amide bonds. The SMILES string of the molecule is CC1=NN(c2ccccc2)C(=O)/C1=C(\C=C\c1ccc2c(c1)OCO2)c1ccc(C)cc1. The molecular formula is C27H22N2O3. The number of allylic oxidation sites excluding steroid dienone is 2. The molecule has 0 radical (unpaired) electrons. The molecule has 0 bridgehead atoms. The lowest BCUT2D eigenvalue weighted by Crippen LogP contribution is -2.21. The summed E-state index contributed by atoms with van der Waals surface area (Å²) in [6, 6.07) is 23.4. The minimum atomic E-state index is -0.139. The van der Waals surface area contributed by atoms with Crippen molar-refractivity contribution in [1.29, 1.82) is 0 Å². The van der Waals surface area contributed by atoms with Crippen molar-refractivity contribution >= 4 is 29.0 Å². The van der Waals surface area contributed by atoms with Crippen LogP contribution in [-0.2, 0) is 4.79 Å². The molecule has 3 aromatic rings. The van der Waals surface area contributed by atoms with E-state index in [9.17, 15) is 4.79 Å². The Hall–Kier alpha value is -4.12. The van der Waals surface area contributed by atoms with E-state index in [2.05, 4.69) is 5.10 Å². The highest BCUT2D eigenvalue weighted by atomic mass is 16.7. The first-order valence-corrected chi connectivity index (χ1v) is 10.4. The highest BCUT2D eigenvalue weighted by Crippen LogP contribution is 2.34. The summed E-state index contributed by atoms with van der Waals surface area (Å²) >= 11 is 0. The number of anilines is 1. The Balaban J connectivity index is 1.58. The van der Waals surface area contributed by atoms with Crippen LogP contribution in [0.25, 0.3) is 11.6 Å². The smallest absolute Gasteiger partial charge is 0.281 e. The molecule has 0 saturated carbocycles. The summed E-state index contributed by atoms with van der Waals surface area (Å²) in [5.74, 6) is 1.33. The Bertz CT molecular complexity index is 1270. The lowest BCUT2D eigenvalue weighted by molar-refractivity contribution is -0.114. The lowest BCUT2D eigenvalue weighted by atomic mass is 9.95. The summed E-state index contributed by atoms with van der Waals surface area (Å²) in [7, 11) is 0. The zero-order valence-corrected chi connectivity index (χ0v) is 17.9. The molecule has 0 fully saturated rings. The van der Waals surface area contributed by atoms with Crippen LogP contribution < -0.4 is 14.5 Å². The Morgan fingerprint density at radius 1 is 0.938 bits per heavy atom. The van der Waals surface area contributed by atoms with E-state index in [0.717, 1.165) is 39.4 Å². The fourth-order valence-electron chi connectivity index (χ4n) is 3.81. The maximum atomic E-state index is 13.4. The third-order valence-corrected chi connectivity index (χ3v) is 5.49. The van der Waals surface area contributed by atoms with Crippen molar-refractivity contribution in [3.63, 3.8) is 0 Å². The number of fused-ring (bicyclic) bond motifs is 1. The van der Waals surface area contributed by atoms with Gasteiger partial charge in [0, 0.05) is 0 Å². The fraction of sp³-hybridized carbons (Fsp3) is 0.111. The third kappa shape index (κ3) is 3.69. The van der Waals surface area contributed by atoms with Gasteiger partial charge < -0.3 is 9.47 Å². The predicted molar refractivity (Wildman–Crippen MR) is 127 cm³/mol. The highest BCUT2D eigenvalue weighted by molar-refractivity contribution is 6.34. The standard InChI is InChI=1S/C27H22N2O3/c1-18-8-12-21(13-9-18)23(14-10-20-11-15-24-25(16-20)32-17-31-24)26-19(2)28-29(27(26)30)22-6-4-3-5-7-22/h3-16H,17H2,1-2H3/b14-10+,26-23+. The van der Waals surface area contributed by atoms with E-state index in [1.807, 2.05) is 98.8 Å². The summed E-state index contributed by atoms with van der Waals surface area (Å²) < 4.78 is 10.9. The number of carbonyl (C=O) groups is 1. The van der Waals surface area contributed by atoms with Crippen molar-refractivity contribution < 1.29 is 14.3 Å². The number of rotatable bonds is 4. The molecule has 0 unspecified atom stereocenters. The molecule has 2 aliphatic heterocycles. The zero-order valence-electron chi connectivity index (χ0n) is 17.9. The number of hydrogen-bond acceptors (Lipinski definition) is 4. The molecule has 5 rings (SSSR count). The van der Waals surface area contributed by atoms with Gasteiger partial charge in [0.15, 0.2) is 11.5 Å². The summed E-state index contributed by atoms with van der Waals surface area (Å²) in [5.41, 5.74) is 5.92. The van der Waals surface area contributed by atoms with Gasteiger partial charge in [-0.15, -0.1) is 0 Å². The molecule has 0 atom stereocenters. The Labute approximate surface area is 186 Å². The molecule has 0 aromatic heterocycles. The number of carbonyl (C=O) groups excluding carboxylic acids is 1. The largest absolute Gasteiger partial charge is 0.454 e. The predicted octanol–water partition coefficient (Wildman–Crippen LogP) is 5.61. The van der Waals surface area contributed by atoms with Gasteiger partial charge in [-0.05, 0) is 54.8 Å². The summed E-state index contributed by atoms with van der Waals surface area (Å²) in [5, 5.41) is 6.03. The van der Waals surface area contributed by atoms with E-state index in [1.165, 1.54) is 5.01 Å². The quantitative estimate of drug-likeness (QED) is 0.513. The summed E-state index contributed by atoms with van der Waals surface area (Å²) in [6.07, 6.45) is 3.96. The van der Waals surface area contributed by atoms with E-state index in [1.54, 1.807) is 0 Å². The number of amides is 1. The molecule has 5 heteroatoms. The molecule has 3 aromatic carbocycles. The second-order valence-electron chi connectivity index (χ2n) is 7.74. The maximum Gasteiger partial charge on any atom is 0.281 e. The van der Waals surface area contributed by atoms with E-state index in [4.69, 9.17) is 9.47 Å².